The van der Waals surface area contributed by atoms with Gasteiger partial charge in [-0.15, -0.1) is 0 Å². The van der Waals surface area contributed by atoms with Crippen LogP contribution < -0.4 is 9.04 Å². The third kappa shape index (κ3) is 6.67. The van der Waals surface area contributed by atoms with E-state index in [1.807, 2.05) is 36.4 Å². The van der Waals surface area contributed by atoms with Crippen LogP contribution in [0, 0.1) is 5.92 Å². The molecule has 5 rings (SSSR count). The summed E-state index contributed by atoms with van der Waals surface area (Å²) in [5, 5.41) is 0. The molecular formula is C32H32N2O4S. The quantitative estimate of drug-likeness (QED) is 0.255. The van der Waals surface area contributed by atoms with E-state index >= 15 is 0 Å². The van der Waals surface area contributed by atoms with Crippen molar-refractivity contribution in [2.45, 2.75) is 24.2 Å². The van der Waals surface area contributed by atoms with E-state index in [0.29, 0.717) is 36.2 Å². The second-order valence-electron chi connectivity index (χ2n) is 9.75. The van der Waals surface area contributed by atoms with E-state index in [1.54, 1.807) is 59.5 Å². The Morgan fingerprint density at radius 1 is 0.744 bits per heavy atom. The molecule has 4 aromatic rings. The van der Waals surface area contributed by atoms with Crippen molar-refractivity contribution < 1.29 is 17.9 Å². The Morgan fingerprint density at radius 3 is 1.90 bits per heavy atom. The van der Waals surface area contributed by atoms with Crippen molar-refractivity contribution in [3.05, 3.63) is 121 Å². The molecule has 0 unspecified atom stereocenters. The Kier molecular flexibility index (Phi) is 8.27. The molecule has 0 bridgehead atoms. The van der Waals surface area contributed by atoms with Crippen LogP contribution in [0.25, 0.3) is 0 Å². The third-order valence-corrected chi connectivity index (χ3v) is 8.84. The zero-order valence-electron chi connectivity index (χ0n) is 21.7. The summed E-state index contributed by atoms with van der Waals surface area (Å²) in [4.78, 5) is 15.4. The molecule has 6 nitrogen and oxygen atoms in total. The Morgan fingerprint density at radius 2 is 1.28 bits per heavy atom. The van der Waals surface area contributed by atoms with Crippen LogP contribution in [0.1, 0.15) is 18.4 Å². The topological polar surface area (TPSA) is 66.9 Å². The van der Waals surface area contributed by atoms with E-state index in [2.05, 4.69) is 24.3 Å². The van der Waals surface area contributed by atoms with Gasteiger partial charge in [-0.3, -0.25) is 9.10 Å². The number of carbonyl (C=O) groups excluding carboxylic acids is 1. The maximum atomic E-state index is 13.7. The van der Waals surface area contributed by atoms with E-state index in [4.69, 9.17) is 4.74 Å². The molecule has 0 radical (unpaired) electrons. The van der Waals surface area contributed by atoms with Crippen LogP contribution in [-0.2, 0) is 21.2 Å². The lowest BCUT2D eigenvalue weighted by Crippen LogP contribution is -2.46. The molecule has 200 valence electrons. The zero-order chi connectivity index (χ0) is 27.1. The number of amides is 1. The number of hydrogen-bond donors (Lipinski definition) is 0. The molecule has 7 heteroatoms. The lowest BCUT2D eigenvalue weighted by Gasteiger charge is -2.34. The summed E-state index contributed by atoms with van der Waals surface area (Å²) >= 11 is 0. The molecule has 1 amide bonds. The monoisotopic (exact) mass is 540 g/mol. The van der Waals surface area contributed by atoms with E-state index in [0.717, 1.165) is 19.3 Å². The van der Waals surface area contributed by atoms with Crippen LogP contribution in [0.4, 0.5) is 5.69 Å². The molecule has 0 atom stereocenters. The van der Waals surface area contributed by atoms with Crippen molar-refractivity contribution in [1.29, 1.82) is 0 Å². The molecule has 0 aliphatic carbocycles. The van der Waals surface area contributed by atoms with Gasteiger partial charge >= 0.3 is 0 Å². The number of sulfonamides is 1. The molecular weight excluding hydrogens is 508 g/mol. The molecule has 1 fully saturated rings. The summed E-state index contributed by atoms with van der Waals surface area (Å²) in [7, 11) is -3.97. The highest BCUT2D eigenvalue weighted by molar-refractivity contribution is 7.92. The second-order valence-corrected chi connectivity index (χ2v) is 11.6. The predicted molar refractivity (Wildman–Crippen MR) is 153 cm³/mol. The summed E-state index contributed by atoms with van der Waals surface area (Å²) < 4.78 is 34.5. The van der Waals surface area contributed by atoms with Gasteiger partial charge in [0.2, 0.25) is 5.91 Å². The number of likely N-dealkylation sites (tertiary alicyclic amines) is 1. The van der Waals surface area contributed by atoms with Crippen LogP contribution in [-0.4, -0.2) is 38.9 Å². The molecule has 0 N–H and O–H groups in total. The van der Waals surface area contributed by atoms with E-state index < -0.39 is 10.0 Å². The first-order valence-electron chi connectivity index (χ1n) is 13.2. The number of ether oxygens (including phenoxy) is 1. The van der Waals surface area contributed by atoms with Gasteiger partial charge < -0.3 is 9.64 Å². The van der Waals surface area contributed by atoms with Gasteiger partial charge in [0.1, 0.15) is 18.0 Å². The fourth-order valence-electron chi connectivity index (χ4n) is 4.90. The number of rotatable bonds is 9. The second kappa shape index (κ2) is 12.2. The van der Waals surface area contributed by atoms with Gasteiger partial charge in [-0.25, -0.2) is 8.42 Å². The molecule has 0 spiro atoms. The molecule has 1 heterocycles. The summed E-state index contributed by atoms with van der Waals surface area (Å²) in [5.41, 5.74) is 1.72. The van der Waals surface area contributed by atoms with Gasteiger partial charge in [0.15, 0.2) is 0 Å². The fourth-order valence-corrected chi connectivity index (χ4v) is 6.33. The Balaban J connectivity index is 1.31. The molecule has 1 saturated heterocycles. The van der Waals surface area contributed by atoms with Crippen LogP contribution in [0.2, 0.25) is 0 Å². The molecule has 0 aromatic heterocycles. The Bertz CT molecular complexity index is 1450. The van der Waals surface area contributed by atoms with Gasteiger partial charge in [-0.05, 0) is 79.3 Å². The minimum atomic E-state index is -3.97. The van der Waals surface area contributed by atoms with Crippen molar-refractivity contribution in [2.24, 2.45) is 5.92 Å². The smallest absolute Gasteiger partial charge is 0.264 e. The van der Waals surface area contributed by atoms with Crippen molar-refractivity contribution in [3.63, 3.8) is 0 Å². The first kappa shape index (κ1) is 26.5. The summed E-state index contributed by atoms with van der Waals surface area (Å²) in [6.07, 6.45) is 2.80. The number of piperidine rings is 1. The summed E-state index contributed by atoms with van der Waals surface area (Å²) in [5.74, 6) is 1.58. The lowest BCUT2D eigenvalue weighted by molar-refractivity contribution is -0.130. The average Bonchev–Trinajstić information content (AvgIpc) is 2.98. The van der Waals surface area contributed by atoms with Gasteiger partial charge in [0.05, 0.1) is 10.6 Å². The van der Waals surface area contributed by atoms with Gasteiger partial charge in [0, 0.05) is 13.1 Å². The first-order chi connectivity index (χ1) is 19.0. The standard InChI is InChI=1S/C32H32N2O4S/c35-32(33-22-20-27(21-23-33)24-26-10-4-1-5-11-26)25-34(39(36,37)31-14-8-3-9-15-31)28-16-18-30(19-17-28)38-29-12-6-2-7-13-29/h1-19,27H,20-25H2. The highest BCUT2D eigenvalue weighted by Gasteiger charge is 2.30. The highest BCUT2D eigenvalue weighted by Crippen LogP contribution is 2.29. The van der Waals surface area contributed by atoms with Gasteiger partial charge in [-0.1, -0.05) is 66.7 Å². The highest BCUT2D eigenvalue weighted by atomic mass is 32.2. The Hall–Kier alpha value is -4.10. The zero-order valence-corrected chi connectivity index (χ0v) is 22.5. The van der Waals surface area contributed by atoms with Crippen molar-refractivity contribution in [3.8, 4) is 11.5 Å². The minimum Gasteiger partial charge on any atom is -0.457 e. The maximum Gasteiger partial charge on any atom is 0.264 e. The van der Waals surface area contributed by atoms with Crippen LogP contribution in [0.3, 0.4) is 0 Å². The van der Waals surface area contributed by atoms with E-state index in [9.17, 15) is 13.2 Å². The van der Waals surface area contributed by atoms with E-state index in [-0.39, 0.29) is 17.3 Å². The number of hydrogen-bond acceptors (Lipinski definition) is 4. The van der Waals surface area contributed by atoms with Crippen molar-refractivity contribution in [2.75, 3.05) is 23.9 Å². The molecule has 1 aliphatic heterocycles. The van der Waals surface area contributed by atoms with Crippen LogP contribution in [0.5, 0.6) is 11.5 Å². The number of carbonyl (C=O) groups is 1. The summed E-state index contributed by atoms with van der Waals surface area (Å²) in [6.45, 7) is 0.984. The average molecular weight is 541 g/mol. The van der Waals surface area contributed by atoms with E-state index in [1.165, 1.54) is 9.87 Å². The van der Waals surface area contributed by atoms with Gasteiger partial charge in [-0.2, -0.15) is 0 Å². The number of benzene rings is 4. The molecule has 1 aliphatic rings. The normalized spacial score (nSPS) is 14.1. The fraction of sp³-hybridized carbons (Fsp3) is 0.219. The first-order valence-corrected chi connectivity index (χ1v) is 14.7. The van der Waals surface area contributed by atoms with Crippen LogP contribution >= 0.6 is 0 Å². The summed E-state index contributed by atoms with van der Waals surface area (Å²) in [6, 6.07) is 34.8. The largest absolute Gasteiger partial charge is 0.457 e. The number of nitrogens with zero attached hydrogens (tertiary/aromatic N) is 2. The molecule has 0 saturated carbocycles. The number of para-hydroxylation sites is 1. The van der Waals surface area contributed by atoms with Crippen molar-refractivity contribution >= 4 is 21.6 Å². The van der Waals surface area contributed by atoms with Gasteiger partial charge in [0.25, 0.3) is 10.0 Å². The number of anilines is 1. The maximum absolute atomic E-state index is 13.7. The van der Waals surface area contributed by atoms with Crippen molar-refractivity contribution in [1.82, 2.24) is 4.90 Å². The minimum absolute atomic E-state index is 0.143. The SMILES string of the molecule is O=C(CN(c1ccc(Oc2ccccc2)cc1)S(=O)(=O)c1ccccc1)N1CCC(Cc2ccccc2)CC1. The molecule has 39 heavy (non-hydrogen) atoms. The van der Waals surface area contributed by atoms with Crippen LogP contribution in [0.15, 0.2) is 120 Å². The third-order valence-electron chi connectivity index (χ3n) is 7.05. The molecule has 4 aromatic carbocycles. The predicted octanol–water partition coefficient (Wildman–Crippen LogP) is 6.16. The Labute approximate surface area is 230 Å². The lowest BCUT2D eigenvalue weighted by atomic mass is 9.90.